The van der Waals surface area contributed by atoms with Gasteiger partial charge in [-0.15, -0.1) is 17.0 Å². The van der Waals surface area contributed by atoms with E-state index in [-0.39, 0.29) is 41.6 Å². The van der Waals surface area contributed by atoms with Crippen LogP contribution in [0.2, 0.25) is 0 Å². The van der Waals surface area contributed by atoms with E-state index >= 15 is 0 Å². The number of ether oxygens (including phenoxy) is 3. The molecule has 6 atom stereocenters. The van der Waals surface area contributed by atoms with Crippen LogP contribution in [0.15, 0.2) is 30.3 Å². The zero-order valence-corrected chi connectivity index (χ0v) is 20.1. The summed E-state index contributed by atoms with van der Waals surface area (Å²) < 4.78 is 17.1. The first kappa shape index (κ1) is 24.2. The zero-order chi connectivity index (χ0) is 21.1. The van der Waals surface area contributed by atoms with E-state index < -0.39 is 5.92 Å². The first-order chi connectivity index (χ1) is 14.6. The predicted molar refractivity (Wildman–Crippen MR) is 122 cm³/mol. The number of benzene rings is 1. The molecule has 31 heavy (non-hydrogen) atoms. The lowest BCUT2D eigenvalue weighted by molar-refractivity contribution is -0.159. The summed E-state index contributed by atoms with van der Waals surface area (Å²) in [7, 11) is 2.13. The van der Waals surface area contributed by atoms with Gasteiger partial charge >= 0.3 is 11.9 Å². The molecule has 172 valence electrons. The summed E-state index contributed by atoms with van der Waals surface area (Å²) >= 11 is 0. The summed E-state index contributed by atoms with van der Waals surface area (Å²) in [5.74, 6) is -1.13. The van der Waals surface area contributed by atoms with Crippen molar-refractivity contribution in [1.29, 1.82) is 0 Å². The van der Waals surface area contributed by atoms with Crippen molar-refractivity contribution in [3.63, 3.8) is 0 Å². The van der Waals surface area contributed by atoms with E-state index in [9.17, 15) is 9.59 Å². The highest BCUT2D eigenvalue weighted by Crippen LogP contribution is 2.48. The molecule has 0 amide bonds. The van der Waals surface area contributed by atoms with Gasteiger partial charge in [-0.3, -0.25) is 14.5 Å². The summed E-state index contributed by atoms with van der Waals surface area (Å²) in [4.78, 5) is 27.6. The number of fused-ring (bicyclic) bond motifs is 5. The van der Waals surface area contributed by atoms with Crippen LogP contribution in [0, 0.1) is 0 Å². The Morgan fingerprint density at radius 2 is 1.77 bits per heavy atom. The van der Waals surface area contributed by atoms with E-state index in [1.165, 1.54) is 0 Å². The molecule has 0 aliphatic carbocycles. The fourth-order valence-corrected chi connectivity index (χ4v) is 4.97. The van der Waals surface area contributed by atoms with Gasteiger partial charge in [0.1, 0.15) is 30.8 Å². The van der Waals surface area contributed by atoms with E-state index in [1.807, 2.05) is 30.3 Å². The van der Waals surface area contributed by atoms with Crippen molar-refractivity contribution in [1.82, 2.24) is 4.90 Å². The van der Waals surface area contributed by atoms with E-state index in [2.05, 4.69) is 18.9 Å². The lowest BCUT2D eigenvalue weighted by Gasteiger charge is -2.38. The molecule has 0 saturated carbocycles. The van der Waals surface area contributed by atoms with Crippen LogP contribution in [-0.2, 0) is 23.8 Å². The molecule has 3 aliphatic rings. The number of unbranched alkanes of at least 4 members (excludes halogenated alkanes) is 3. The van der Waals surface area contributed by atoms with Crippen molar-refractivity contribution >= 4 is 28.9 Å². The highest BCUT2D eigenvalue weighted by molar-refractivity contribution is 8.93. The first-order valence-corrected chi connectivity index (χ1v) is 11.4. The van der Waals surface area contributed by atoms with Gasteiger partial charge in [0.25, 0.3) is 0 Å². The smallest absolute Gasteiger partial charge is 0.317 e. The molecule has 0 spiro atoms. The second-order valence-electron chi connectivity index (χ2n) is 8.85. The lowest BCUT2D eigenvalue weighted by atomic mass is 9.97. The average molecular weight is 496 g/mol. The molecule has 0 radical (unpaired) electrons. The van der Waals surface area contributed by atoms with Crippen LogP contribution in [0.5, 0.6) is 0 Å². The summed E-state index contributed by atoms with van der Waals surface area (Å²) in [5, 5.41) is 0. The number of hydrogen-bond donors (Lipinski definition) is 0. The number of nitrogens with zero attached hydrogens (tertiary/aromatic N) is 1. The molecule has 1 aromatic carbocycles. The van der Waals surface area contributed by atoms with Crippen molar-refractivity contribution in [2.24, 2.45) is 0 Å². The quantitative estimate of drug-likeness (QED) is 0.277. The van der Waals surface area contributed by atoms with Gasteiger partial charge in [-0.05, 0) is 19.0 Å². The van der Waals surface area contributed by atoms with Gasteiger partial charge in [0.15, 0.2) is 0 Å². The average Bonchev–Trinajstić information content (AvgIpc) is 3.50. The van der Waals surface area contributed by atoms with Crippen LogP contribution in [0.4, 0.5) is 0 Å². The van der Waals surface area contributed by atoms with Gasteiger partial charge in [0, 0.05) is 31.3 Å². The van der Waals surface area contributed by atoms with E-state index in [0.717, 1.165) is 44.1 Å². The Morgan fingerprint density at radius 3 is 2.42 bits per heavy atom. The summed E-state index contributed by atoms with van der Waals surface area (Å²) in [6.07, 6.45) is 6.63. The highest BCUT2D eigenvalue weighted by atomic mass is 79.9. The number of epoxide rings is 1. The topological polar surface area (TPSA) is 68.4 Å². The van der Waals surface area contributed by atoms with Crippen LogP contribution in [0.3, 0.4) is 0 Å². The number of halogens is 1. The Labute approximate surface area is 195 Å². The zero-order valence-electron chi connectivity index (χ0n) is 18.4. The molecule has 2 bridgehead atoms. The Kier molecular flexibility index (Phi) is 8.53. The summed E-state index contributed by atoms with van der Waals surface area (Å²) in [6.45, 7) is 2.17. The number of carbonyl (C=O) groups is 2. The highest BCUT2D eigenvalue weighted by Gasteiger charge is 2.62. The van der Waals surface area contributed by atoms with Crippen LogP contribution in [-0.4, -0.2) is 60.9 Å². The Morgan fingerprint density at radius 1 is 1.10 bits per heavy atom. The number of rotatable bonds is 10. The minimum Gasteiger partial charge on any atom is -0.464 e. The van der Waals surface area contributed by atoms with Crippen LogP contribution < -0.4 is 0 Å². The molecule has 4 rings (SSSR count). The number of carbonyl (C=O) groups excluding carboxylic acids is 2. The second-order valence-corrected chi connectivity index (χ2v) is 8.85. The van der Waals surface area contributed by atoms with Crippen molar-refractivity contribution in [2.75, 3.05) is 13.7 Å². The van der Waals surface area contributed by atoms with Crippen molar-refractivity contribution < 1.29 is 23.8 Å². The van der Waals surface area contributed by atoms with Crippen molar-refractivity contribution in [3.05, 3.63) is 35.9 Å². The van der Waals surface area contributed by atoms with Crippen LogP contribution in [0.1, 0.15) is 63.4 Å². The van der Waals surface area contributed by atoms with Crippen LogP contribution >= 0.6 is 17.0 Å². The fourth-order valence-electron chi connectivity index (χ4n) is 4.97. The first-order valence-electron chi connectivity index (χ1n) is 11.4. The normalized spacial score (nSPS) is 29.4. The molecule has 1 unspecified atom stereocenters. The molecule has 7 heteroatoms. The minimum atomic E-state index is -0.589. The Balaban J connectivity index is 0.00000272. The maximum Gasteiger partial charge on any atom is 0.317 e. The van der Waals surface area contributed by atoms with Gasteiger partial charge in [-0.2, -0.15) is 0 Å². The molecule has 3 fully saturated rings. The molecule has 0 N–H and O–H groups in total. The third-order valence-corrected chi connectivity index (χ3v) is 6.79. The SMILES string of the molecule is Br.CCCCCCC(=O)OC[C@@H](C(=O)OC1C[C@@H]2[C@H]3O[C@H]3[C@H](C1)N2C)c1ccccc1. The molecule has 3 heterocycles. The molecule has 0 aromatic heterocycles. The van der Waals surface area contributed by atoms with E-state index in [0.29, 0.717) is 30.7 Å². The van der Waals surface area contributed by atoms with Crippen molar-refractivity contribution in [3.8, 4) is 0 Å². The van der Waals surface area contributed by atoms with Gasteiger partial charge < -0.3 is 14.2 Å². The molecular formula is C24H34BrNO5. The summed E-state index contributed by atoms with van der Waals surface area (Å²) in [6, 6.07) is 10.1. The Bertz CT molecular complexity index is 727. The van der Waals surface area contributed by atoms with Crippen molar-refractivity contribution in [2.45, 2.75) is 88.2 Å². The van der Waals surface area contributed by atoms with Gasteiger partial charge in [0.05, 0.1) is 0 Å². The summed E-state index contributed by atoms with van der Waals surface area (Å²) in [5.41, 5.74) is 0.823. The molecule has 3 aliphatic heterocycles. The third kappa shape index (κ3) is 5.68. The number of esters is 2. The van der Waals surface area contributed by atoms with Gasteiger partial charge in [0.2, 0.25) is 0 Å². The van der Waals surface area contributed by atoms with Gasteiger partial charge in [-0.1, -0.05) is 56.5 Å². The number of hydrogen-bond acceptors (Lipinski definition) is 6. The lowest BCUT2D eigenvalue weighted by Crippen LogP contribution is -2.48. The fraction of sp³-hybridized carbons (Fsp3) is 0.667. The predicted octanol–water partition coefficient (Wildman–Crippen LogP) is 4.02. The number of piperidine rings is 1. The molecule has 1 aromatic rings. The largest absolute Gasteiger partial charge is 0.464 e. The number of morpholine rings is 1. The monoisotopic (exact) mass is 495 g/mol. The standard InChI is InChI=1S/C24H33NO5.BrH/c1-3-4-5-9-12-21(26)28-15-18(16-10-7-6-8-11-16)24(27)29-17-13-19-22-23(30-22)20(14-17)25(19)2;/h6-8,10-11,17-20,22-23H,3-5,9,12-15H2,1-2H3;1H/t17?,18-,19-,20+,22-,23+;/m1./s1. The molecule has 6 nitrogen and oxygen atoms in total. The molecule has 3 saturated heterocycles. The van der Waals surface area contributed by atoms with Gasteiger partial charge in [-0.25, -0.2) is 0 Å². The molecular weight excluding hydrogens is 462 g/mol. The van der Waals surface area contributed by atoms with E-state index in [4.69, 9.17) is 14.2 Å². The maximum atomic E-state index is 13.1. The van der Waals surface area contributed by atoms with Crippen LogP contribution in [0.25, 0.3) is 0 Å². The minimum absolute atomic E-state index is 0. The van der Waals surface area contributed by atoms with E-state index in [1.54, 1.807) is 0 Å². The third-order valence-electron chi connectivity index (χ3n) is 6.79. The maximum absolute atomic E-state index is 13.1. The Hall–Kier alpha value is -1.44. The number of likely N-dealkylation sites (N-methyl/N-ethyl adjacent to an activating group) is 1. The second kappa shape index (κ2) is 10.9.